The number of rotatable bonds is 19. The van der Waals surface area contributed by atoms with E-state index in [2.05, 4.69) is 50.5 Å². The van der Waals surface area contributed by atoms with Gasteiger partial charge in [-0.2, -0.15) is 0 Å². The molecule has 0 spiro atoms. The first-order valence-corrected chi connectivity index (χ1v) is 25.5. The molecule has 368 valence electrons. The lowest BCUT2D eigenvalue weighted by molar-refractivity contribution is -0.385. The van der Waals surface area contributed by atoms with Gasteiger partial charge in [0.2, 0.25) is 5.91 Å². The number of aliphatic carboxylic acids is 1. The zero-order valence-corrected chi connectivity index (χ0v) is 43.0. The van der Waals surface area contributed by atoms with E-state index in [-0.39, 0.29) is 46.4 Å². The van der Waals surface area contributed by atoms with Crippen molar-refractivity contribution < 1.29 is 57.8 Å². The molecule has 1 unspecified atom stereocenters. The molecule has 0 aliphatic carbocycles. The molecule has 66 heavy (non-hydrogen) atoms. The molecule has 0 saturated carbocycles. The summed E-state index contributed by atoms with van der Waals surface area (Å²) in [5.74, 6) is -1.99. The first-order valence-electron chi connectivity index (χ1n) is 19.1. The Morgan fingerprint density at radius 3 is 1.91 bits per heavy atom. The van der Waals surface area contributed by atoms with E-state index in [0.717, 1.165) is 42.8 Å². The van der Waals surface area contributed by atoms with Crippen LogP contribution in [-0.2, 0) is 52.2 Å². The van der Waals surface area contributed by atoms with E-state index in [1.165, 1.54) is 23.1 Å². The summed E-state index contributed by atoms with van der Waals surface area (Å²) in [4.78, 5) is 74.9. The van der Waals surface area contributed by atoms with Crippen molar-refractivity contribution in [3.63, 3.8) is 0 Å². The Hall–Kier alpha value is -3.91. The van der Waals surface area contributed by atoms with E-state index >= 15 is 0 Å². The molecule has 0 saturated heterocycles. The van der Waals surface area contributed by atoms with Crippen molar-refractivity contribution in [1.82, 2.24) is 10.2 Å². The fraction of sp³-hybridized carbons (Fsp3) is 0.381. The Morgan fingerprint density at radius 1 is 0.970 bits per heavy atom. The molecule has 0 aliphatic heterocycles. The second kappa shape index (κ2) is 35.3. The molecular weight excluding hydrogens is 1010 g/mol. The van der Waals surface area contributed by atoms with E-state index in [9.17, 15) is 38.8 Å². The van der Waals surface area contributed by atoms with Crippen LogP contribution in [0.2, 0.25) is 10.0 Å². The monoisotopic (exact) mass is 1060 g/mol. The normalized spacial score (nSPS) is 11.0. The molecule has 0 radical (unpaired) electrons. The summed E-state index contributed by atoms with van der Waals surface area (Å²) in [5.41, 5.74) is 2.65. The number of para-hydroxylation sites is 1. The first kappa shape index (κ1) is 64.2. The summed E-state index contributed by atoms with van der Waals surface area (Å²) in [5, 5.41) is 21.6. The maximum atomic E-state index is 12.0. The predicted octanol–water partition coefficient (Wildman–Crippen LogP) is 8.12. The van der Waals surface area contributed by atoms with Crippen LogP contribution in [0.5, 0.6) is 11.5 Å². The highest BCUT2D eigenvalue weighted by molar-refractivity contribution is 7.94. The molecule has 0 heterocycles. The average molecular weight is 1070 g/mol. The van der Waals surface area contributed by atoms with E-state index in [1.54, 1.807) is 36.3 Å². The van der Waals surface area contributed by atoms with Crippen molar-refractivity contribution in [2.45, 2.75) is 31.5 Å². The van der Waals surface area contributed by atoms with E-state index in [4.69, 9.17) is 77.5 Å². The number of anilines is 1. The molecule has 3 rings (SSSR count). The van der Waals surface area contributed by atoms with Gasteiger partial charge in [-0.25, -0.2) is 4.79 Å². The number of carbonyl (C=O) groups excluding carboxylic acids is 3. The topological polar surface area (TPSA) is 238 Å². The molecule has 0 fully saturated rings. The molecule has 17 nitrogen and oxygen atoms in total. The molecule has 0 aliphatic rings. The van der Waals surface area contributed by atoms with Crippen molar-refractivity contribution in [3.8, 4) is 11.5 Å². The minimum Gasteiger partial charge on any atom is -0.778 e. The van der Waals surface area contributed by atoms with Gasteiger partial charge < -0.3 is 38.6 Å². The van der Waals surface area contributed by atoms with Crippen LogP contribution in [0.15, 0.2) is 79.9 Å². The van der Waals surface area contributed by atoms with Crippen LogP contribution in [0, 0.1) is 10.1 Å². The minimum atomic E-state index is -4.35. The molecule has 1 atom stereocenters. The Labute approximate surface area is 413 Å². The summed E-state index contributed by atoms with van der Waals surface area (Å²) in [6, 6.07) is 14.5. The third kappa shape index (κ3) is 27.0. The van der Waals surface area contributed by atoms with Crippen LogP contribution < -0.4 is 19.8 Å². The first-order chi connectivity index (χ1) is 30.9. The van der Waals surface area contributed by atoms with Crippen molar-refractivity contribution in [2.24, 2.45) is 0 Å². The minimum absolute atomic E-state index is 0.0371. The van der Waals surface area contributed by atoms with E-state index in [1.807, 2.05) is 23.5 Å². The lowest BCUT2D eigenvalue weighted by atomic mass is 10.0. The highest BCUT2D eigenvalue weighted by atomic mass is 35.5. The Kier molecular flexibility index (Phi) is 34.3. The van der Waals surface area contributed by atoms with Crippen molar-refractivity contribution in [1.29, 1.82) is 0 Å². The Bertz CT molecular complexity index is 2050. The quantitative estimate of drug-likeness (QED) is 0.0150. The van der Waals surface area contributed by atoms with Gasteiger partial charge in [0.15, 0.2) is 4.84 Å². The number of benzene rings is 3. The van der Waals surface area contributed by atoms with Crippen LogP contribution in [0.4, 0.5) is 11.4 Å². The van der Waals surface area contributed by atoms with Gasteiger partial charge in [0.25, 0.3) is 11.6 Å². The Balaban J connectivity index is 0. The summed E-state index contributed by atoms with van der Waals surface area (Å²) in [7, 11) is -0.995. The number of esters is 1. The number of amides is 2. The van der Waals surface area contributed by atoms with E-state index < -0.39 is 42.1 Å². The zero-order valence-electron chi connectivity index (χ0n) is 37.5. The maximum absolute atomic E-state index is 12.0. The van der Waals surface area contributed by atoms with Gasteiger partial charge in [0, 0.05) is 37.4 Å². The number of nitro benzene ring substituents is 1. The number of methoxy groups -OCH3 is 2. The number of carbonyl (C=O) groups is 4. The summed E-state index contributed by atoms with van der Waals surface area (Å²) in [6.07, 6.45) is 10.8. The average Bonchev–Trinajstić information content (AvgIpc) is 3.25. The number of nitrogens with zero attached hydrogens (tertiary/aromatic N) is 3. The van der Waals surface area contributed by atoms with Crippen LogP contribution >= 0.6 is 65.6 Å². The van der Waals surface area contributed by atoms with Gasteiger partial charge in [0.1, 0.15) is 37.3 Å². The largest absolute Gasteiger partial charge is 0.778 e. The number of nitro groups is 1. The summed E-state index contributed by atoms with van der Waals surface area (Å²) < 4.78 is 25.1. The summed E-state index contributed by atoms with van der Waals surface area (Å²) >= 11 is 28.2. The maximum Gasteiger partial charge on any atom is 0.345 e. The highest BCUT2D eigenvalue weighted by Crippen LogP contribution is 2.34. The highest BCUT2D eigenvalue weighted by Gasteiger charge is 2.23. The predicted molar refractivity (Wildman–Crippen MR) is 264 cm³/mol. The fourth-order valence-electron chi connectivity index (χ4n) is 4.73. The number of carboxylic acids is 1. The molecule has 2 amide bonds. The number of halogens is 5. The number of carboxylic acid groups (broad SMARTS) is 1. The molecule has 24 heteroatoms. The second-order valence-corrected chi connectivity index (χ2v) is 19.3. The molecule has 0 bridgehead atoms. The second-order valence-electron chi connectivity index (χ2n) is 13.1. The number of hydrogen-bond donors (Lipinski definition) is 3. The van der Waals surface area contributed by atoms with Crippen molar-refractivity contribution in [2.75, 3.05) is 76.4 Å². The molecule has 3 N–H and O–H groups in total. The molecular formula is C42H56Cl5N4O13PS. The lowest BCUT2D eigenvalue weighted by Gasteiger charge is -2.26. The van der Waals surface area contributed by atoms with Gasteiger partial charge in [-0.05, 0) is 59.1 Å². The van der Waals surface area contributed by atoms with Crippen LogP contribution in [0.1, 0.15) is 35.3 Å². The number of nitrogens with one attached hydrogen (secondary N) is 1. The van der Waals surface area contributed by atoms with Gasteiger partial charge in [-0.1, -0.05) is 90.6 Å². The smallest absolute Gasteiger partial charge is 0.345 e. The SMILES string of the molecule is C=CCN(CC=C)C(=O)C(Cl)Cl.CCc1cccc(CC)c1N(COC)C(=O)CCl.COC(=O)c1cc(Oc2ccc(Cl)cc2Cl)ccc1[N+](=O)[O-].C[S+](C)C.O=C(O)CNCP(=O)([O-])O. The lowest BCUT2D eigenvalue weighted by Crippen LogP contribution is -2.35. The van der Waals surface area contributed by atoms with Crippen LogP contribution in [0.25, 0.3) is 0 Å². The van der Waals surface area contributed by atoms with Crippen LogP contribution in [0.3, 0.4) is 0 Å². The number of alkyl halides is 3. The third-order valence-corrected chi connectivity index (χ3v) is 9.14. The van der Waals surface area contributed by atoms with Crippen LogP contribution in [-0.4, -0.2) is 120 Å². The molecule has 3 aromatic carbocycles. The Morgan fingerprint density at radius 2 is 1.52 bits per heavy atom. The number of hydrogen-bond acceptors (Lipinski definition) is 12. The molecule has 3 aromatic rings. The van der Waals surface area contributed by atoms with Crippen molar-refractivity contribution >= 4 is 112 Å². The van der Waals surface area contributed by atoms with Gasteiger partial charge in [-0.3, -0.25) is 34.7 Å². The number of ether oxygens (including phenoxy) is 3. The summed E-state index contributed by atoms with van der Waals surface area (Å²) in [6.45, 7) is 11.8. The molecule has 0 aromatic heterocycles. The van der Waals surface area contributed by atoms with Gasteiger partial charge >= 0.3 is 11.9 Å². The van der Waals surface area contributed by atoms with Gasteiger partial charge in [-0.15, -0.1) is 24.8 Å². The fourth-order valence-corrected chi connectivity index (χ4v) is 5.99. The third-order valence-electron chi connectivity index (χ3n) is 7.39. The zero-order chi connectivity index (χ0) is 51.2. The number of aryl methyl sites for hydroxylation is 2. The van der Waals surface area contributed by atoms with Crippen molar-refractivity contribution in [3.05, 3.63) is 117 Å². The van der Waals surface area contributed by atoms with Gasteiger partial charge in [0.05, 0.1) is 54.3 Å². The van der Waals surface area contributed by atoms with E-state index in [0.29, 0.717) is 34.8 Å². The standard InChI is InChI=1S/C14H9Cl2NO5.C14H20ClNO2.C8H11Cl2NO.C3H8NO5P.C3H9S/c1-21-14(18)10-7-9(3-4-12(10)17(19)20)22-13-5-2-8(15)6-11(13)16;1-4-11-7-6-8-12(5-2)14(11)16(10-18-3)13(17)9-15;1-3-5-11(6-4-2)8(12)7(9)10;5-3(6)1-4-2-10(7,8)9;1-4(2)3/h2-7H,1H3;6-8H,4-5,9-10H2,1-3H3;3-4,7H,1-2,5-6H2;4H,1-2H2,(H,5,6)(H2,7,8,9);1-3H3/q;;;;+1/p-1.